The highest BCUT2D eigenvalue weighted by Gasteiger charge is 2.26. The molecule has 1 aliphatic rings. The summed E-state index contributed by atoms with van der Waals surface area (Å²) in [6, 6.07) is 5.14. The van der Waals surface area contributed by atoms with Gasteiger partial charge in [-0.2, -0.15) is 0 Å². The number of hydrogen-bond donors (Lipinski definition) is 1. The van der Waals surface area contributed by atoms with Crippen molar-refractivity contribution in [3.05, 3.63) is 34.6 Å². The molecule has 0 aliphatic carbocycles. The molecule has 1 saturated heterocycles. The molecule has 1 fully saturated rings. The molecule has 2 N–H and O–H groups in total. The van der Waals surface area contributed by atoms with Crippen LogP contribution in [-0.2, 0) is 0 Å². The molecule has 7 nitrogen and oxygen atoms in total. The molecule has 21 heavy (non-hydrogen) atoms. The number of rotatable bonds is 2. The van der Waals surface area contributed by atoms with Crippen LogP contribution in [0.1, 0.15) is 19.8 Å². The minimum absolute atomic E-state index is 0.0555. The third-order valence-electron chi connectivity index (χ3n) is 4.00. The number of nitro groups is 1. The zero-order valence-electron chi connectivity index (χ0n) is 11.8. The summed E-state index contributed by atoms with van der Waals surface area (Å²) >= 11 is 0. The lowest BCUT2D eigenvalue weighted by Gasteiger charge is -2.37. The van der Waals surface area contributed by atoms with Crippen molar-refractivity contribution in [1.82, 2.24) is 9.97 Å². The van der Waals surface area contributed by atoms with Crippen molar-refractivity contribution in [2.45, 2.75) is 31.8 Å². The number of anilines is 1. The zero-order valence-corrected chi connectivity index (χ0v) is 11.8. The first-order chi connectivity index (χ1) is 10.1. The van der Waals surface area contributed by atoms with Gasteiger partial charge in [0.15, 0.2) is 0 Å². The Hall–Kier alpha value is -2.28. The number of benzene rings is 1. The summed E-state index contributed by atoms with van der Waals surface area (Å²) in [6.45, 7) is 2.90. The van der Waals surface area contributed by atoms with Gasteiger partial charge < -0.3 is 10.6 Å². The van der Waals surface area contributed by atoms with Gasteiger partial charge in [-0.15, -0.1) is 0 Å². The Morgan fingerprint density at radius 1 is 1.43 bits per heavy atom. The van der Waals surface area contributed by atoms with Crippen LogP contribution >= 0.6 is 0 Å². The van der Waals surface area contributed by atoms with Crippen molar-refractivity contribution in [3.8, 4) is 0 Å². The van der Waals surface area contributed by atoms with Gasteiger partial charge in [0.2, 0.25) is 0 Å². The molecule has 0 spiro atoms. The fourth-order valence-corrected chi connectivity index (χ4v) is 2.90. The second-order valence-electron chi connectivity index (χ2n) is 5.48. The predicted octanol–water partition coefficient (Wildman–Crippen LogP) is 1.85. The molecule has 1 aromatic carbocycles. The first-order valence-electron chi connectivity index (χ1n) is 6.97. The molecular formula is C14H17N5O2. The smallest absolute Gasteiger partial charge is 0.270 e. The van der Waals surface area contributed by atoms with Crippen LogP contribution in [0.2, 0.25) is 0 Å². The number of piperidine rings is 1. The van der Waals surface area contributed by atoms with Crippen LogP contribution in [0, 0.1) is 10.1 Å². The van der Waals surface area contributed by atoms with Gasteiger partial charge in [-0.1, -0.05) is 0 Å². The van der Waals surface area contributed by atoms with Gasteiger partial charge in [0, 0.05) is 36.1 Å². The van der Waals surface area contributed by atoms with Crippen LogP contribution < -0.4 is 10.6 Å². The van der Waals surface area contributed by atoms with Gasteiger partial charge in [0.05, 0.1) is 10.4 Å². The van der Waals surface area contributed by atoms with Gasteiger partial charge in [-0.05, 0) is 25.8 Å². The van der Waals surface area contributed by atoms with E-state index in [4.69, 9.17) is 5.73 Å². The third-order valence-corrected chi connectivity index (χ3v) is 4.00. The zero-order chi connectivity index (χ0) is 15.0. The lowest BCUT2D eigenvalue weighted by Crippen LogP contribution is -2.46. The van der Waals surface area contributed by atoms with Crippen LogP contribution in [0.25, 0.3) is 10.9 Å². The van der Waals surface area contributed by atoms with Crippen molar-refractivity contribution in [3.63, 3.8) is 0 Å². The van der Waals surface area contributed by atoms with E-state index in [0.29, 0.717) is 10.9 Å². The second-order valence-corrected chi connectivity index (χ2v) is 5.48. The SMILES string of the molecule is CC1CC(N)CCN1c1ncnc2ccc([N+](=O)[O-])cc12. The molecule has 2 unspecified atom stereocenters. The Bertz CT molecular complexity index is 690. The van der Waals surface area contributed by atoms with Crippen molar-refractivity contribution in [2.75, 3.05) is 11.4 Å². The van der Waals surface area contributed by atoms with Gasteiger partial charge >= 0.3 is 0 Å². The molecular weight excluding hydrogens is 270 g/mol. The fourth-order valence-electron chi connectivity index (χ4n) is 2.90. The molecule has 0 radical (unpaired) electrons. The normalized spacial score (nSPS) is 22.5. The number of aromatic nitrogens is 2. The summed E-state index contributed by atoms with van der Waals surface area (Å²) in [5.41, 5.74) is 6.76. The molecule has 0 amide bonds. The van der Waals surface area contributed by atoms with E-state index in [0.717, 1.165) is 25.2 Å². The summed E-state index contributed by atoms with van der Waals surface area (Å²) in [5.74, 6) is 0.753. The van der Waals surface area contributed by atoms with E-state index in [1.165, 1.54) is 12.4 Å². The van der Waals surface area contributed by atoms with Crippen molar-refractivity contribution >= 4 is 22.4 Å². The monoisotopic (exact) mass is 287 g/mol. The molecule has 0 bridgehead atoms. The molecule has 3 rings (SSSR count). The Balaban J connectivity index is 2.09. The molecule has 2 heterocycles. The van der Waals surface area contributed by atoms with E-state index >= 15 is 0 Å². The third kappa shape index (κ3) is 2.52. The van der Waals surface area contributed by atoms with Crippen molar-refractivity contribution < 1.29 is 4.92 Å². The van der Waals surface area contributed by atoms with Crippen molar-refractivity contribution in [1.29, 1.82) is 0 Å². The molecule has 1 aliphatic heterocycles. The van der Waals surface area contributed by atoms with E-state index < -0.39 is 4.92 Å². The maximum absolute atomic E-state index is 11.0. The van der Waals surface area contributed by atoms with E-state index in [1.54, 1.807) is 12.1 Å². The lowest BCUT2D eigenvalue weighted by atomic mass is 9.98. The van der Waals surface area contributed by atoms with Crippen LogP contribution in [0.4, 0.5) is 11.5 Å². The Morgan fingerprint density at radius 3 is 2.95 bits per heavy atom. The van der Waals surface area contributed by atoms with Gasteiger partial charge in [0.25, 0.3) is 5.69 Å². The molecule has 7 heteroatoms. The maximum atomic E-state index is 11.0. The Labute approximate surface area is 121 Å². The Kier molecular flexibility index (Phi) is 3.42. The van der Waals surface area contributed by atoms with Crippen LogP contribution in [0.3, 0.4) is 0 Å². The maximum Gasteiger partial charge on any atom is 0.270 e. The first-order valence-corrected chi connectivity index (χ1v) is 6.97. The molecule has 110 valence electrons. The van der Waals surface area contributed by atoms with Crippen LogP contribution in [0.15, 0.2) is 24.5 Å². The van der Waals surface area contributed by atoms with Crippen LogP contribution in [-0.4, -0.2) is 33.5 Å². The molecule has 1 aromatic heterocycles. The molecule has 2 aromatic rings. The summed E-state index contributed by atoms with van der Waals surface area (Å²) < 4.78 is 0. The highest BCUT2D eigenvalue weighted by atomic mass is 16.6. The van der Waals surface area contributed by atoms with E-state index in [-0.39, 0.29) is 17.8 Å². The Morgan fingerprint density at radius 2 is 2.24 bits per heavy atom. The minimum atomic E-state index is -0.397. The summed E-state index contributed by atoms with van der Waals surface area (Å²) in [7, 11) is 0. The average Bonchev–Trinajstić information content (AvgIpc) is 2.46. The first kappa shape index (κ1) is 13.7. The number of nitro benzene ring substituents is 1. The molecule has 0 saturated carbocycles. The topological polar surface area (TPSA) is 98.2 Å². The summed E-state index contributed by atoms with van der Waals surface area (Å²) in [6.07, 6.45) is 3.29. The lowest BCUT2D eigenvalue weighted by molar-refractivity contribution is -0.384. The minimum Gasteiger partial charge on any atom is -0.353 e. The summed E-state index contributed by atoms with van der Waals surface area (Å²) in [4.78, 5) is 21.3. The summed E-state index contributed by atoms with van der Waals surface area (Å²) in [5, 5.41) is 11.7. The molecule has 2 atom stereocenters. The van der Waals surface area contributed by atoms with Crippen molar-refractivity contribution in [2.24, 2.45) is 5.73 Å². The highest BCUT2D eigenvalue weighted by Crippen LogP contribution is 2.30. The second kappa shape index (κ2) is 5.25. The van der Waals surface area contributed by atoms with E-state index in [1.807, 2.05) is 0 Å². The number of nitrogens with zero attached hydrogens (tertiary/aromatic N) is 4. The highest BCUT2D eigenvalue weighted by molar-refractivity contribution is 5.91. The van der Waals surface area contributed by atoms with Gasteiger partial charge in [0.1, 0.15) is 12.1 Å². The average molecular weight is 287 g/mol. The number of hydrogen-bond acceptors (Lipinski definition) is 6. The predicted molar refractivity (Wildman–Crippen MR) is 80.2 cm³/mol. The fraction of sp³-hybridized carbons (Fsp3) is 0.429. The number of non-ortho nitro benzene ring substituents is 1. The van der Waals surface area contributed by atoms with Gasteiger partial charge in [-0.25, -0.2) is 9.97 Å². The number of fused-ring (bicyclic) bond motifs is 1. The van der Waals surface area contributed by atoms with Crippen LogP contribution in [0.5, 0.6) is 0 Å². The largest absolute Gasteiger partial charge is 0.353 e. The number of nitrogens with two attached hydrogens (primary N) is 1. The quantitative estimate of drug-likeness (QED) is 0.668. The van der Waals surface area contributed by atoms with E-state index in [2.05, 4.69) is 21.8 Å². The standard InChI is InChI=1S/C14H17N5O2/c1-9-6-10(15)4-5-18(9)14-12-7-11(19(20)21)2-3-13(12)16-8-17-14/h2-3,7-10H,4-6,15H2,1H3. The van der Waals surface area contributed by atoms with E-state index in [9.17, 15) is 10.1 Å². The van der Waals surface area contributed by atoms with Gasteiger partial charge in [-0.3, -0.25) is 10.1 Å².